The van der Waals surface area contributed by atoms with Gasteiger partial charge in [-0.3, -0.25) is 0 Å². The van der Waals surface area contributed by atoms with Crippen LogP contribution >= 0.6 is 11.6 Å². The number of hydrogen-bond acceptors (Lipinski definition) is 2. The van der Waals surface area contributed by atoms with Crippen molar-refractivity contribution < 1.29 is 4.74 Å². The molecule has 0 saturated carbocycles. The molecule has 0 aliphatic carbocycles. The predicted molar refractivity (Wildman–Crippen MR) is 86.9 cm³/mol. The second kappa shape index (κ2) is 6.50. The Morgan fingerprint density at radius 1 is 1.10 bits per heavy atom. The molecule has 1 N–H and O–H groups in total. The summed E-state index contributed by atoms with van der Waals surface area (Å²) in [4.78, 5) is 0. The summed E-state index contributed by atoms with van der Waals surface area (Å²) in [6.07, 6.45) is 2.03. The van der Waals surface area contributed by atoms with Crippen LogP contribution in [0.2, 0.25) is 5.02 Å². The van der Waals surface area contributed by atoms with E-state index in [4.69, 9.17) is 16.3 Å². The van der Waals surface area contributed by atoms with Crippen molar-refractivity contribution in [2.24, 2.45) is 0 Å². The molecule has 0 saturated heterocycles. The molecule has 3 heteroatoms. The normalized spacial score (nSPS) is 20.7. The molecule has 21 heavy (non-hydrogen) atoms. The second-order valence-electron chi connectivity index (χ2n) is 5.41. The molecule has 2 atom stereocenters. The number of benzene rings is 2. The minimum absolute atomic E-state index is 0.00274. The van der Waals surface area contributed by atoms with Crippen LogP contribution < -0.4 is 10.1 Å². The highest BCUT2D eigenvalue weighted by Gasteiger charge is 2.29. The van der Waals surface area contributed by atoms with Gasteiger partial charge in [-0.2, -0.15) is 0 Å². The van der Waals surface area contributed by atoms with Gasteiger partial charge in [0, 0.05) is 28.6 Å². The molecule has 0 amide bonds. The van der Waals surface area contributed by atoms with Crippen LogP contribution in [0.1, 0.15) is 43.0 Å². The Morgan fingerprint density at radius 3 is 2.57 bits per heavy atom. The number of nitrogens with one attached hydrogen (secondary N) is 1. The maximum absolute atomic E-state index is 6.34. The van der Waals surface area contributed by atoms with Crippen molar-refractivity contribution in [1.29, 1.82) is 0 Å². The van der Waals surface area contributed by atoms with Gasteiger partial charge in [0.25, 0.3) is 0 Å². The zero-order valence-corrected chi connectivity index (χ0v) is 12.9. The second-order valence-corrected chi connectivity index (χ2v) is 5.82. The third-order valence-corrected chi connectivity index (χ3v) is 4.25. The third kappa shape index (κ3) is 3.07. The van der Waals surface area contributed by atoms with Crippen LogP contribution in [0.15, 0.2) is 48.5 Å². The van der Waals surface area contributed by atoms with E-state index in [1.54, 1.807) is 0 Å². The lowest BCUT2D eigenvalue weighted by atomic mass is 9.93. The van der Waals surface area contributed by atoms with Crippen molar-refractivity contribution in [1.82, 2.24) is 5.32 Å². The summed E-state index contributed by atoms with van der Waals surface area (Å²) in [6, 6.07) is 16.5. The Labute approximate surface area is 131 Å². The van der Waals surface area contributed by atoms with Crippen LogP contribution in [-0.2, 0) is 0 Å². The molecular weight excluding hydrogens is 282 g/mol. The highest BCUT2D eigenvalue weighted by atomic mass is 35.5. The van der Waals surface area contributed by atoms with Gasteiger partial charge in [-0.05, 0) is 25.1 Å². The van der Waals surface area contributed by atoms with Gasteiger partial charge in [0.1, 0.15) is 11.9 Å². The SMILES string of the molecule is CCCNC1CC(c2ccccc2Cl)Oc2ccccc21. The average Bonchev–Trinajstić information content (AvgIpc) is 2.53. The topological polar surface area (TPSA) is 21.3 Å². The van der Waals surface area contributed by atoms with E-state index in [9.17, 15) is 0 Å². The van der Waals surface area contributed by atoms with E-state index in [1.807, 2.05) is 30.3 Å². The highest BCUT2D eigenvalue weighted by Crippen LogP contribution is 2.42. The summed E-state index contributed by atoms with van der Waals surface area (Å²) in [7, 11) is 0. The molecular formula is C18H20ClNO. The average molecular weight is 302 g/mol. The lowest BCUT2D eigenvalue weighted by Gasteiger charge is -2.33. The largest absolute Gasteiger partial charge is 0.485 e. The zero-order valence-electron chi connectivity index (χ0n) is 12.2. The van der Waals surface area contributed by atoms with Crippen molar-refractivity contribution in [3.63, 3.8) is 0 Å². The molecule has 0 spiro atoms. The lowest BCUT2D eigenvalue weighted by Crippen LogP contribution is -2.29. The highest BCUT2D eigenvalue weighted by molar-refractivity contribution is 6.31. The Balaban J connectivity index is 1.91. The fraction of sp³-hybridized carbons (Fsp3) is 0.333. The lowest BCUT2D eigenvalue weighted by molar-refractivity contribution is 0.151. The van der Waals surface area contributed by atoms with Crippen LogP contribution in [0.25, 0.3) is 0 Å². The van der Waals surface area contributed by atoms with Crippen molar-refractivity contribution in [3.8, 4) is 5.75 Å². The number of hydrogen-bond donors (Lipinski definition) is 1. The van der Waals surface area contributed by atoms with Crippen molar-refractivity contribution in [3.05, 3.63) is 64.7 Å². The maximum atomic E-state index is 6.34. The van der Waals surface area contributed by atoms with E-state index < -0.39 is 0 Å². The number of para-hydroxylation sites is 1. The Bertz CT molecular complexity index is 614. The first-order valence-corrected chi connectivity index (χ1v) is 7.90. The number of fused-ring (bicyclic) bond motifs is 1. The van der Waals surface area contributed by atoms with E-state index in [0.29, 0.717) is 6.04 Å². The van der Waals surface area contributed by atoms with Crippen LogP contribution in [0.3, 0.4) is 0 Å². The van der Waals surface area contributed by atoms with Gasteiger partial charge in [0.15, 0.2) is 0 Å². The molecule has 1 aliphatic heterocycles. The summed E-state index contributed by atoms with van der Waals surface area (Å²) in [6.45, 7) is 3.19. The maximum Gasteiger partial charge on any atom is 0.127 e. The molecule has 1 heterocycles. The summed E-state index contributed by atoms with van der Waals surface area (Å²) >= 11 is 6.34. The van der Waals surface area contributed by atoms with Crippen LogP contribution in [0.5, 0.6) is 5.75 Å². The number of ether oxygens (including phenoxy) is 1. The van der Waals surface area contributed by atoms with Gasteiger partial charge < -0.3 is 10.1 Å². The molecule has 2 aromatic rings. The van der Waals surface area contributed by atoms with Crippen molar-refractivity contribution >= 4 is 11.6 Å². The standard InChI is InChI=1S/C18H20ClNO/c1-2-11-20-16-12-18(13-7-3-5-9-15(13)19)21-17-10-6-4-8-14(16)17/h3-10,16,18,20H,2,11-12H2,1H3. The first kappa shape index (κ1) is 14.4. The molecule has 2 nitrogen and oxygen atoms in total. The van der Waals surface area contributed by atoms with Crippen molar-refractivity contribution in [2.45, 2.75) is 31.9 Å². The molecule has 1 aliphatic rings. The first-order chi connectivity index (χ1) is 10.3. The Kier molecular flexibility index (Phi) is 4.47. The summed E-state index contributed by atoms with van der Waals surface area (Å²) in [5, 5.41) is 4.40. The zero-order chi connectivity index (χ0) is 14.7. The fourth-order valence-corrected chi connectivity index (χ4v) is 3.11. The molecule has 0 fully saturated rings. The summed E-state index contributed by atoms with van der Waals surface area (Å²) in [5.41, 5.74) is 2.31. The van der Waals surface area contributed by atoms with Gasteiger partial charge >= 0.3 is 0 Å². The van der Waals surface area contributed by atoms with E-state index in [1.165, 1.54) is 5.56 Å². The van der Waals surface area contributed by atoms with Gasteiger partial charge in [0.2, 0.25) is 0 Å². The molecule has 2 unspecified atom stereocenters. The van der Waals surface area contributed by atoms with E-state index in [2.05, 4.69) is 30.4 Å². The molecule has 0 bridgehead atoms. The minimum atomic E-state index is 0.00274. The number of halogens is 1. The molecule has 0 radical (unpaired) electrons. The molecule has 3 rings (SSSR count). The molecule has 110 valence electrons. The quantitative estimate of drug-likeness (QED) is 0.867. The first-order valence-electron chi connectivity index (χ1n) is 7.53. The van der Waals surface area contributed by atoms with Crippen LogP contribution in [0.4, 0.5) is 0 Å². The fourth-order valence-electron chi connectivity index (χ4n) is 2.86. The summed E-state index contributed by atoms with van der Waals surface area (Å²) in [5.74, 6) is 0.960. The monoisotopic (exact) mass is 301 g/mol. The minimum Gasteiger partial charge on any atom is -0.485 e. The van der Waals surface area contributed by atoms with Gasteiger partial charge in [-0.25, -0.2) is 0 Å². The van der Waals surface area contributed by atoms with E-state index in [0.717, 1.165) is 35.7 Å². The number of rotatable bonds is 4. The van der Waals surface area contributed by atoms with E-state index in [-0.39, 0.29) is 6.10 Å². The van der Waals surface area contributed by atoms with Crippen LogP contribution in [0, 0.1) is 0 Å². The van der Waals surface area contributed by atoms with Crippen LogP contribution in [-0.4, -0.2) is 6.54 Å². The van der Waals surface area contributed by atoms with E-state index >= 15 is 0 Å². The van der Waals surface area contributed by atoms with Gasteiger partial charge in [-0.15, -0.1) is 0 Å². The Hall–Kier alpha value is -1.51. The smallest absolute Gasteiger partial charge is 0.127 e. The predicted octanol–water partition coefficient (Wildman–Crippen LogP) is 4.90. The summed E-state index contributed by atoms with van der Waals surface area (Å²) < 4.78 is 6.18. The molecule has 2 aromatic carbocycles. The van der Waals surface area contributed by atoms with Crippen molar-refractivity contribution in [2.75, 3.05) is 6.54 Å². The van der Waals surface area contributed by atoms with Gasteiger partial charge in [0.05, 0.1) is 0 Å². The van der Waals surface area contributed by atoms with Gasteiger partial charge in [-0.1, -0.05) is 54.9 Å². The third-order valence-electron chi connectivity index (χ3n) is 3.91. The molecule has 0 aromatic heterocycles. The Morgan fingerprint density at radius 2 is 1.81 bits per heavy atom.